The molecule has 1 aromatic carbocycles. The number of nitrogens with one attached hydrogen (secondary N) is 3. The number of carbonyl (C=O) groups is 1. The van der Waals surface area contributed by atoms with E-state index in [1.54, 1.807) is 12.5 Å². The molecule has 0 aliphatic carbocycles. The van der Waals surface area contributed by atoms with Crippen LogP contribution in [0.4, 0.5) is 5.69 Å². The summed E-state index contributed by atoms with van der Waals surface area (Å²) in [6.45, 7) is 6.56. The van der Waals surface area contributed by atoms with Crippen LogP contribution in [-0.2, 0) is 13.0 Å². The number of fused-ring (bicyclic) bond motifs is 2. The van der Waals surface area contributed by atoms with E-state index in [0.29, 0.717) is 41.1 Å². The van der Waals surface area contributed by atoms with Crippen LogP contribution in [0.1, 0.15) is 41.4 Å². The molecule has 36 heavy (non-hydrogen) atoms. The number of carbonyl (C=O) groups excluding carboxylic acids is 1. The van der Waals surface area contributed by atoms with Crippen LogP contribution >= 0.6 is 0 Å². The fourth-order valence-corrected chi connectivity index (χ4v) is 5.33. The van der Waals surface area contributed by atoms with Crippen LogP contribution in [-0.4, -0.2) is 62.9 Å². The van der Waals surface area contributed by atoms with Gasteiger partial charge >= 0.3 is 0 Å². The Hall–Kier alpha value is -3.85. The fourth-order valence-electron chi connectivity index (χ4n) is 5.33. The van der Waals surface area contributed by atoms with Gasteiger partial charge in [0.15, 0.2) is 0 Å². The topological polar surface area (TPSA) is 110 Å². The van der Waals surface area contributed by atoms with Gasteiger partial charge in [0.1, 0.15) is 17.1 Å². The smallest absolute Gasteiger partial charge is 0.261 e. The van der Waals surface area contributed by atoms with Crippen molar-refractivity contribution in [2.45, 2.75) is 38.8 Å². The number of nitrogens with zero attached hydrogens (tertiary/aromatic N) is 3. The molecule has 9 nitrogen and oxygen atoms in total. The second-order valence-corrected chi connectivity index (χ2v) is 9.81. The zero-order chi connectivity index (χ0) is 24.6. The lowest BCUT2D eigenvalue weighted by atomic mass is 10.1. The van der Waals surface area contributed by atoms with Gasteiger partial charge in [0.2, 0.25) is 0 Å². The molecule has 5 heterocycles. The summed E-state index contributed by atoms with van der Waals surface area (Å²) in [5.41, 5.74) is 4.09. The predicted molar refractivity (Wildman–Crippen MR) is 138 cm³/mol. The van der Waals surface area contributed by atoms with Gasteiger partial charge < -0.3 is 29.5 Å². The highest BCUT2D eigenvalue weighted by molar-refractivity contribution is 6.02. The molecule has 3 aromatic heterocycles. The van der Waals surface area contributed by atoms with Crippen LogP contribution in [0.25, 0.3) is 22.4 Å². The van der Waals surface area contributed by atoms with Crippen LogP contribution in [0, 0.1) is 0 Å². The molecule has 0 spiro atoms. The number of hydrogen-bond acceptors (Lipinski definition) is 6. The minimum atomic E-state index is -0.235. The van der Waals surface area contributed by atoms with E-state index in [0.717, 1.165) is 43.0 Å². The highest BCUT2D eigenvalue weighted by Gasteiger charge is 2.29. The number of rotatable bonds is 8. The normalized spacial score (nSPS) is 16.7. The minimum absolute atomic E-state index is 0.0362. The molecule has 9 heteroatoms. The second kappa shape index (κ2) is 9.31. The summed E-state index contributed by atoms with van der Waals surface area (Å²) < 4.78 is 5.46. The molecule has 3 N–H and O–H groups in total. The van der Waals surface area contributed by atoms with Gasteiger partial charge in [-0.25, -0.2) is 4.98 Å². The summed E-state index contributed by atoms with van der Waals surface area (Å²) in [6.07, 6.45) is 6.46. The van der Waals surface area contributed by atoms with Crippen molar-refractivity contribution in [2.75, 3.05) is 31.5 Å². The number of aromatic amines is 2. The number of furan rings is 1. The highest BCUT2D eigenvalue weighted by atomic mass is 16.3. The van der Waals surface area contributed by atoms with Crippen molar-refractivity contribution < 1.29 is 9.21 Å². The monoisotopic (exact) mass is 486 g/mol. The van der Waals surface area contributed by atoms with Gasteiger partial charge in [0.25, 0.3) is 11.5 Å². The molecule has 2 aliphatic heterocycles. The number of amides is 1. The molecule has 1 saturated heterocycles. The average molecular weight is 487 g/mol. The number of pyridine rings is 1. The molecule has 1 amide bonds. The van der Waals surface area contributed by atoms with Crippen molar-refractivity contribution in [3.63, 3.8) is 0 Å². The van der Waals surface area contributed by atoms with Crippen LogP contribution < -0.4 is 10.9 Å². The summed E-state index contributed by atoms with van der Waals surface area (Å²) >= 11 is 0. The van der Waals surface area contributed by atoms with E-state index >= 15 is 0 Å². The summed E-state index contributed by atoms with van der Waals surface area (Å²) in [7, 11) is 0. The second-order valence-electron chi connectivity index (χ2n) is 9.81. The van der Waals surface area contributed by atoms with Crippen molar-refractivity contribution in [1.29, 1.82) is 0 Å². The first-order chi connectivity index (χ1) is 17.5. The largest absolute Gasteiger partial charge is 0.469 e. The summed E-state index contributed by atoms with van der Waals surface area (Å²) in [6, 6.07) is 9.53. The Morgan fingerprint density at radius 2 is 2.03 bits per heavy atom. The molecule has 0 bridgehead atoms. The number of aromatic nitrogens is 3. The number of hydrogen-bond donors (Lipinski definition) is 3. The Kier molecular flexibility index (Phi) is 5.85. The summed E-state index contributed by atoms with van der Waals surface area (Å²) in [5, 5.41) is 3.42. The lowest BCUT2D eigenvalue weighted by molar-refractivity contribution is 0.0763. The van der Waals surface area contributed by atoms with Gasteiger partial charge in [-0.05, 0) is 68.8 Å². The Labute approximate surface area is 208 Å². The van der Waals surface area contributed by atoms with E-state index in [1.165, 1.54) is 12.8 Å². The average Bonchev–Trinajstić information content (AvgIpc) is 3.65. The van der Waals surface area contributed by atoms with E-state index < -0.39 is 0 Å². The third-order valence-corrected chi connectivity index (χ3v) is 7.16. The van der Waals surface area contributed by atoms with Crippen LogP contribution in [0.5, 0.6) is 0 Å². The van der Waals surface area contributed by atoms with Crippen molar-refractivity contribution in [3.8, 4) is 11.4 Å². The highest BCUT2D eigenvalue weighted by Crippen LogP contribution is 2.30. The Morgan fingerprint density at radius 3 is 2.83 bits per heavy atom. The van der Waals surface area contributed by atoms with E-state index in [4.69, 9.17) is 9.40 Å². The maximum absolute atomic E-state index is 13.1. The molecular formula is C27H30N6O3. The number of anilines is 1. The fraction of sp³-hybridized carbons (Fsp3) is 0.370. The van der Waals surface area contributed by atoms with E-state index in [2.05, 4.69) is 20.2 Å². The van der Waals surface area contributed by atoms with Crippen LogP contribution in [0.3, 0.4) is 0 Å². The van der Waals surface area contributed by atoms with E-state index in [-0.39, 0.29) is 17.5 Å². The van der Waals surface area contributed by atoms with Crippen LogP contribution in [0.15, 0.2) is 52.0 Å². The third-order valence-electron chi connectivity index (χ3n) is 7.16. The molecule has 1 fully saturated rings. The Balaban J connectivity index is 1.24. The van der Waals surface area contributed by atoms with E-state index in [9.17, 15) is 9.59 Å². The molecule has 2 aliphatic rings. The van der Waals surface area contributed by atoms with Gasteiger partial charge in [-0.1, -0.05) is 0 Å². The quantitative estimate of drug-likeness (QED) is 0.351. The summed E-state index contributed by atoms with van der Waals surface area (Å²) in [4.78, 5) is 41.1. The zero-order valence-electron chi connectivity index (χ0n) is 20.3. The molecule has 186 valence electrons. The van der Waals surface area contributed by atoms with Gasteiger partial charge in [0.05, 0.1) is 23.0 Å². The SMILES string of the molecule is CC(Cc1ccco1)Nc1cc[nH]c(=O)c1-c1nc2cc3c(cc2[nH]1)CN(CCN1CCCC1)C3=O. The van der Waals surface area contributed by atoms with Gasteiger partial charge in [-0.2, -0.15) is 0 Å². The maximum atomic E-state index is 13.1. The third kappa shape index (κ3) is 4.30. The first kappa shape index (κ1) is 22.6. The molecule has 4 aromatic rings. The van der Waals surface area contributed by atoms with Crippen molar-refractivity contribution in [1.82, 2.24) is 24.8 Å². The van der Waals surface area contributed by atoms with Gasteiger partial charge in [0, 0.05) is 43.9 Å². The van der Waals surface area contributed by atoms with E-state index in [1.807, 2.05) is 42.2 Å². The summed E-state index contributed by atoms with van der Waals surface area (Å²) in [5.74, 6) is 1.41. The molecular weight excluding hydrogens is 456 g/mol. The predicted octanol–water partition coefficient (Wildman–Crippen LogP) is 3.61. The molecule has 6 rings (SSSR count). The van der Waals surface area contributed by atoms with Crippen molar-refractivity contribution in [2.24, 2.45) is 0 Å². The maximum Gasteiger partial charge on any atom is 0.261 e. The molecule has 1 atom stereocenters. The van der Waals surface area contributed by atoms with Gasteiger partial charge in [-0.3, -0.25) is 9.59 Å². The first-order valence-corrected chi connectivity index (χ1v) is 12.6. The first-order valence-electron chi connectivity index (χ1n) is 12.6. The number of H-pyrrole nitrogens is 2. The molecule has 0 radical (unpaired) electrons. The number of imidazole rings is 1. The van der Waals surface area contributed by atoms with Crippen molar-refractivity contribution in [3.05, 3.63) is 70.0 Å². The molecule has 0 saturated carbocycles. The lowest BCUT2D eigenvalue weighted by Gasteiger charge is -2.20. The standard InChI is InChI=1S/C27H30N6O3/c1-17(13-19-5-4-12-36-19)29-21-6-7-28-26(34)24(21)25-30-22-14-18-16-33(11-10-32-8-2-3-9-32)27(35)20(18)15-23(22)31-25/h4-7,12,14-15,17H,2-3,8-11,13,16H2,1H3,(H,30,31)(H2,28,29,34). The van der Waals surface area contributed by atoms with Crippen LogP contribution in [0.2, 0.25) is 0 Å². The lowest BCUT2D eigenvalue weighted by Crippen LogP contribution is -2.33. The minimum Gasteiger partial charge on any atom is -0.469 e. The molecule has 1 unspecified atom stereocenters. The number of benzene rings is 1. The Bertz CT molecular complexity index is 1450. The zero-order valence-corrected chi connectivity index (χ0v) is 20.3. The Morgan fingerprint density at radius 1 is 1.17 bits per heavy atom. The van der Waals surface area contributed by atoms with Gasteiger partial charge in [-0.15, -0.1) is 0 Å². The van der Waals surface area contributed by atoms with Crippen molar-refractivity contribution >= 4 is 22.6 Å². The number of likely N-dealkylation sites (tertiary alicyclic amines) is 1.